The topological polar surface area (TPSA) is 39.7 Å². The van der Waals surface area contributed by atoms with Crippen molar-refractivity contribution in [2.24, 2.45) is 5.10 Å². The van der Waals surface area contributed by atoms with Crippen molar-refractivity contribution in [1.82, 2.24) is 5.43 Å². The fourth-order valence-electron chi connectivity index (χ4n) is 2.63. The maximum absolute atomic E-state index is 6.20. The van der Waals surface area contributed by atoms with Crippen LogP contribution in [0.2, 0.25) is 5.02 Å². The van der Waals surface area contributed by atoms with Crippen molar-refractivity contribution in [3.63, 3.8) is 0 Å². The number of hydrazone groups is 1. The normalized spacial score (nSPS) is 10.8. The van der Waals surface area contributed by atoms with E-state index in [4.69, 9.17) is 23.8 Å². The van der Waals surface area contributed by atoms with Gasteiger partial charge in [0.15, 0.2) is 5.11 Å². The highest BCUT2D eigenvalue weighted by Gasteiger charge is 2.04. The van der Waals surface area contributed by atoms with E-state index in [0.717, 1.165) is 29.9 Å². The molecule has 0 radical (unpaired) electrons. The third-order valence-electron chi connectivity index (χ3n) is 4.17. The molecule has 2 rings (SSSR count). The van der Waals surface area contributed by atoms with Crippen molar-refractivity contribution in [3.05, 3.63) is 58.6 Å². The van der Waals surface area contributed by atoms with Gasteiger partial charge >= 0.3 is 0 Å². The van der Waals surface area contributed by atoms with Crippen molar-refractivity contribution >= 4 is 46.5 Å². The Hall–Kier alpha value is -2.11. The summed E-state index contributed by atoms with van der Waals surface area (Å²) in [7, 11) is 0. The average Bonchev–Trinajstić information content (AvgIpc) is 2.66. The minimum Gasteiger partial charge on any atom is -0.372 e. The lowest BCUT2D eigenvalue weighted by molar-refractivity contribution is 0.732. The van der Waals surface area contributed by atoms with Crippen LogP contribution in [0.5, 0.6) is 0 Å². The van der Waals surface area contributed by atoms with E-state index in [1.54, 1.807) is 6.21 Å². The van der Waals surface area contributed by atoms with Gasteiger partial charge in [-0.25, -0.2) is 0 Å². The summed E-state index contributed by atoms with van der Waals surface area (Å²) in [6, 6.07) is 14.1. The number of thiocarbonyl (C=S) groups is 1. The van der Waals surface area contributed by atoms with Crippen LogP contribution in [0.15, 0.2) is 47.6 Å². The van der Waals surface area contributed by atoms with E-state index >= 15 is 0 Å². The Labute approximate surface area is 172 Å². The zero-order chi connectivity index (χ0) is 19.6. The van der Waals surface area contributed by atoms with Crippen LogP contribution in [0.1, 0.15) is 37.8 Å². The predicted octanol–water partition coefficient (Wildman–Crippen LogP) is 5.60. The van der Waals surface area contributed by atoms with Crippen LogP contribution < -0.4 is 15.6 Å². The van der Waals surface area contributed by atoms with Crippen molar-refractivity contribution in [2.45, 2.75) is 33.6 Å². The summed E-state index contributed by atoms with van der Waals surface area (Å²) in [6.07, 6.45) is 4.15. The summed E-state index contributed by atoms with van der Waals surface area (Å²) < 4.78 is 0. The molecule has 0 saturated heterocycles. The highest BCUT2D eigenvalue weighted by Crippen LogP contribution is 2.22. The summed E-state index contributed by atoms with van der Waals surface area (Å²) in [5, 5.41) is 8.26. The van der Waals surface area contributed by atoms with Gasteiger partial charge in [0.1, 0.15) is 0 Å². The molecule has 6 heteroatoms. The molecule has 0 spiro atoms. The van der Waals surface area contributed by atoms with E-state index in [1.807, 2.05) is 25.1 Å². The van der Waals surface area contributed by atoms with Gasteiger partial charge in [-0.3, -0.25) is 5.43 Å². The number of halogens is 1. The third-order valence-corrected chi connectivity index (χ3v) is 4.68. The molecule has 0 aliphatic rings. The molecule has 0 unspecified atom stereocenters. The van der Waals surface area contributed by atoms with Gasteiger partial charge < -0.3 is 10.2 Å². The lowest BCUT2D eigenvalue weighted by Gasteiger charge is -2.22. The molecule has 2 aromatic rings. The zero-order valence-corrected chi connectivity index (χ0v) is 17.7. The molecule has 144 valence electrons. The second-order valence-corrected chi connectivity index (χ2v) is 7.15. The number of anilines is 2. The first-order valence-corrected chi connectivity index (χ1v) is 10.0. The van der Waals surface area contributed by atoms with Crippen LogP contribution in [0.25, 0.3) is 0 Å². The van der Waals surface area contributed by atoms with Gasteiger partial charge in [0, 0.05) is 18.8 Å². The molecule has 0 atom stereocenters. The monoisotopic (exact) mass is 402 g/mol. The lowest BCUT2D eigenvalue weighted by atomic mass is 10.2. The maximum Gasteiger partial charge on any atom is 0.191 e. The van der Waals surface area contributed by atoms with Gasteiger partial charge in [-0.05, 0) is 67.9 Å². The molecule has 0 aliphatic carbocycles. The van der Waals surface area contributed by atoms with Gasteiger partial charge in [0.05, 0.1) is 16.9 Å². The molecule has 0 aromatic heterocycles. The Morgan fingerprint density at radius 3 is 2.56 bits per heavy atom. The summed E-state index contributed by atoms with van der Waals surface area (Å²) in [6.45, 7) is 8.49. The van der Waals surface area contributed by atoms with E-state index in [1.165, 1.54) is 18.5 Å². The largest absolute Gasteiger partial charge is 0.372 e. The number of nitrogens with zero attached hydrogens (tertiary/aromatic N) is 2. The van der Waals surface area contributed by atoms with Crippen LogP contribution >= 0.6 is 23.8 Å². The second-order valence-electron chi connectivity index (χ2n) is 6.33. The fourth-order valence-corrected chi connectivity index (χ4v) is 3.07. The first kappa shape index (κ1) is 21.2. The number of nitrogens with one attached hydrogen (secondary N) is 2. The standard InChI is InChI=1S/C21H27ClN4S/c1-4-6-13-26(5-2)18-10-8-17(9-11-18)15-23-25-21(27)24-20-12-7-16(3)14-19(20)22/h7-12,14-15H,4-6,13H2,1-3H3,(H2,24,25,27)/b23-15-. The number of hydrogen-bond acceptors (Lipinski definition) is 3. The minimum atomic E-state index is 0.394. The molecule has 0 fully saturated rings. The van der Waals surface area contributed by atoms with Gasteiger partial charge in [0.2, 0.25) is 0 Å². The summed E-state index contributed by atoms with van der Waals surface area (Å²) >= 11 is 11.4. The second kappa shape index (κ2) is 10.9. The maximum atomic E-state index is 6.20. The average molecular weight is 403 g/mol. The van der Waals surface area contributed by atoms with Crippen molar-refractivity contribution in [2.75, 3.05) is 23.3 Å². The van der Waals surface area contributed by atoms with Crippen molar-refractivity contribution in [3.8, 4) is 0 Å². The van der Waals surface area contributed by atoms with E-state index in [9.17, 15) is 0 Å². The highest BCUT2D eigenvalue weighted by atomic mass is 35.5. The SMILES string of the molecule is CCCCN(CC)c1ccc(/C=N\NC(=S)Nc2ccc(C)cc2Cl)cc1. The summed E-state index contributed by atoms with van der Waals surface area (Å²) in [5.74, 6) is 0. The van der Waals surface area contributed by atoms with E-state index < -0.39 is 0 Å². The smallest absolute Gasteiger partial charge is 0.191 e. The van der Waals surface area contributed by atoms with E-state index in [0.29, 0.717) is 10.1 Å². The molecule has 4 nitrogen and oxygen atoms in total. The zero-order valence-electron chi connectivity index (χ0n) is 16.1. The van der Waals surface area contributed by atoms with Gasteiger partial charge in [-0.15, -0.1) is 0 Å². The van der Waals surface area contributed by atoms with Crippen LogP contribution in [-0.2, 0) is 0 Å². The Morgan fingerprint density at radius 2 is 1.93 bits per heavy atom. The Kier molecular flexibility index (Phi) is 8.55. The molecular weight excluding hydrogens is 376 g/mol. The van der Waals surface area contributed by atoms with Crippen LogP contribution in [0.4, 0.5) is 11.4 Å². The van der Waals surface area contributed by atoms with E-state index in [2.05, 4.69) is 58.9 Å². The number of unbranched alkanes of at least 4 members (excludes halogenated alkanes) is 1. The first-order chi connectivity index (χ1) is 13.0. The Balaban J connectivity index is 1.89. The number of rotatable bonds is 8. The predicted molar refractivity (Wildman–Crippen MR) is 122 cm³/mol. The molecule has 2 aromatic carbocycles. The van der Waals surface area contributed by atoms with Crippen LogP contribution in [0, 0.1) is 6.92 Å². The number of hydrogen-bond donors (Lipinski definition) is 2. The molecule has 27 heavy (non-hydrogen) atoms. The van der Waals surface area contributed by atoms with Crippen LogP contribution in [-0.4, -0.2) is 24.4 Å². The summed E-state index contributed by atoms with van der Waals surface area (Å²) in [5.41, 5.74) is 6.92. The Morgan fingerprint density at radius 1 is 1.19 bits per heavy atom. The molecule has 0 bridgehead atoms. The minimum absolute atomic E-state index is 0.394. The van der Waals surface area contributed by atoms with Gasteiger partial charge in [0.25, 0.3) is 0 Å². The first-order valence-electron chi connectivity index (χ1n) is 9.24. The molecule has 0 heterocycles. The molecule has 0 aliphatic heterocycles. The lowest BCUT2D eigenvalue weighted by Crippen LogP contribution is -2.24. The quantitative estimate of drug-likeness (QED) is 0.342. The molecular formula is C21H27ClN4S. The van der Waals surface area contributed by atoms with Crippen molar-refractivity contribution in [1.29, 1.82) is 0 Å². The third kappa shape index (κ3) is 6.85. The fraction of sp³-hybridized carbons (Fsp3) is 0.333. The molecule has 0 amide bonds. The molecule has 2 N–H and O–H groups in total. The number of aryl methyl sites for hydroxylation is 1. The number of benzene rings is 2. The van der Waals surface area contributed by atoms with Crippen molar-refractivity contribution < 1.29 is 0 Å². The highest BCUT2D eigenvalue weighted by molar-refractivity contribution is 7.80. The van der Waals surface area contributed by atoms with E-state index in [-0.39, 0.29) is 0 Å². The summed E-state index contributed by atoms with van der Waals surface area (Å²) in [4.78, 5) is 2.38. The van der Waals surface area contributed by atoms with Crippen LogP contribution in [0.3, 0.4) is 0 Å². The van der Waals surface area contributed by atoms with Gasteiger partial charge in [-0.2, -0.15) is 5.10 Å². The Bertz CT molecular complexity index is 774. The molecule has 0 saturated carbocycles. The van der Waals surface area contributed by atoms with Gasteiger partial charge in [-0.1, -0.05) is 43.1 Å².